The summed E-state index contributed by atoms with van der Waals surface area (Å²) in [5.41, 5.74) is 0. The molecule has 0 radical (unpaired) electrons. The lowest BCUT2D eigenvalue weighted by atomic mass is 10.5. The van der Waals surface area contributed by atoms with Crippen LogP contribution in [0.3, 0.4) is 0 Å². The number of nitrogens with one attached hydrogen (secondary N) is 1. The van der Waals surface area contributed by atoms with Crippen LogP contribution in [0.25, 0.3) is 0 Å². The first-order valence-corrected chi connectivity index (χ1v) is 5.44. The smallest absolute Gasteiger partial charge is 0.281 e. The highest BCUT2D eigenvalue weighted by Crippen LogP contribution is 2.12. The van der Waals surface area contributed by atoms with Gasteiger partial charge in [-0.2, -0.15) is 0 Å². The second kappa shape index (κ2) is 6.44. The molecule has 84 valence electrons. The van der Waals surface area contributed by atoms with Crippen LogP contribution in [0.1, 0.15) is 5.01 Å². The summed E-state index contributed by atoms with van der Waals surface area (Å²) in [6.45, 7) is 3.64. The fourth-order valence-corrected chi connectivity index (χ4v) is 1.56. The number of ether oxygens (including phenoxy) is 1. The number of nitrogens with zero attached hydrogens (tertiary/aromatic N) is 2. The SMILES string of the molecule is COCC[NH2+]CC(=O)Nc1nnc(C)s1. The highest BCUT2D eigenvalue weighted by molar-refractivity contribution is 7.15. The van der Waals surface area contributed by atoms with E-state index < -0.39 is 0 Å². The van der Waals surface area contributed by atoms with Gasteiger partial charge >= 0.3 is 0 Å². The predicted octanol–water partition coefficient (Wildman–Crippen LogP) is -1.01. The number of nitrogens with two attached hydrogens (primary N) is 1. The molecule has 0 spiro atoms. The largest absolute Gasteiger partial charge is 0.379 e. The van der Waals surface area contributed by atoms with Gasteiger partial charge in [-0.3, -0.25) is 10.1 Å². The van der Waals surface area contributed by atoms with E-state index in [2.05, 4.69) is 15.5 Å². The van der Waals surface area contributed by atoms with E-state index in [1.54, 1.807) is 7.11 Å². The van der Waals surface area contributed by atoms with Crippen molar-refractivity contribution in [3.8, 4) is 0 Å². The van der Waals surface area contributed by atoms with Gasteiger partial charge in [0, 0.05) is 7.11 Å². The lowest BCUT2D eigenvalue weighted by Crippen LogP contribution is -2.87. The van der Waals surface area contributed by atoms with E-state index >= 15 is 0 Å². The summed E-state index contributed by atoms with van der Waals surface area (Å²) in [7, 11) is 1.64. The number of hydrogen-bond acceptors (Lipinski definition) is 5. The number of methoxy groups -OCH3 is 1. The first-order chi connectivity index (χ1) is 7.22. The van der Waals surface area contributed by atoms with Gasteiger partial charge in [0.15, 0.2) is 6.54 Å². The van der Waals surface area contributed by atoms with Crippen LogP contribution in [-0.4, -0.2) is 42.9 Å². The van der Waals surface area contributed by atoms with Crippen LogP contribution in [-0.2, 0) is 9.53 Å². The van der Waals surface area contributed by atoms with Crippen molar-refractivity contribution in [2.45, 2.75) is 6.92 Å². The molecular formula is C8H15N4O2S+. The zero-order valence-corrected chi connectivity index (χ0v) is 9.63. The number of amides is 1. The molecule has 0 aliphatic heterocycles. The average Bonchev–Trinajstić information content (AvgIpc) is 2.59. The molecule has 15 heavy (non-hydrogen) atoms. The summed E-state index contributed by atoms with van der Waals surface area (Å²) < 4.78 is 4.86. The molecule has 0 saturated heterocycles. The number of quaternary nitrogens is 1. The lowest BCUT2D eigenvalue weighted by Gasteiger charge is -2.00. The Morgan fingerprint density at radius 3 is 3.00 bits per heavy atom. The Morgan fingerprint density at radius 2 is 2.40 bits per heavy atom. The number of rotatable bonds is 6. The van der Waals surface area contributed by atoms with Gasteiger partial charge in [-0.05, 0) is 6.92 Å². The molecule has 1 heterocycles. The Hall–Kier alpha value is -1.05. The maximum atomic E-state index is 11.3. The molecule has 1 aromatic rings. The molecule has 0 saturated carbocycles. The Bertz CT molecular complexity index is 315. The molecular weight excluding hydrogens is 216 g/mol. The lowest BCUT2D eigenvalue weighted by molar-refractivity contribution is -0.645. The zero-order valence-electron chi connectivity index (χ0n) is 8.82. The summed E-state index contributed by atoms with van der Waals surface area (Å²) in [6, 6.07) is 0. The molecule has 0 aliphatic carbocycles. The molecule has 1 amide bonds. The molecule has 0 fully saturated rings. The maximum absolute atomic E-state index is 11.3. The van der Waals surface area contributed by atoms with E-state index in [0.717, 1.165) is 11.6 Å². The number of aromatic nitrogens is 2. The van der Waals surface area contributed by atoms with Crippen molar-refractivity contribution in [2.75, 3.05) is 32.1 Å². The molecule has 1 rings (SSSR count). The van der Waals surface area contributed by atoms with Gasteiger partial charge in [0.25, 0.3) is 5.91 Å². The number of carbonyl (C=O) groups excluding carboxylic acids is 1. The zero-order chi connectivity index (χ0) is 11.1. The van der Waals surface area contributed by atoms with Crippen molar-refractivity contribution in [3.63, 3.8) is 0 Å². The first-order valence-electron chi connectivity index (χ1n) is 4.63. The fourth-order valence-electron chi connectivity index (χ4n) is 0.952. The second-order valence-corrected chi connectivity index (χ2v) is 4.13. The molecule has 0 aromatic carbocycles. The summed E-state index contributed by atoms with van der Waals surface area (Å²) in [5, 5.41) is 13.6. The van der Waals surface area contributed by atoms with E-state index in [-0.39, 0.29) is 5.91 Å². The molecule has 0 aliphatic rings. The van der Waals surface area contributed by atoms with Crippen molar-refractivity contribution < 1.29 is 14.8 Å². The van der Waals surface area contributed by atoms with Crippen LogP contribution in [0.15, 0.2) is 0 Å². The predicted molar refractivity (Wildman–Crippen MR) is 56.8 cm³/mol. The van der Waals surface area contributed by atoms with Crippen molar-refractivity contribution in [3.05, 3.63) is 5.01 Å². The van der Waals surface area contributed by atoms with Gasteiger partial charge in [-0.15, -0.1) is 10.2 Å². The third-order valence-electron chi connectivity index (χ3n) is 1.63. The van der Waals surface area contributed by atoms with Crippen LogP contribution in [0.2, 0.25) is 0 Å². The molecule has 0 atom stereocenters. The van der Waals surface area contributed by atoms with Gasteiger partial charge < -0.3 is 10.1 Å². The topological polar surface area (TPSA) is 80.7 Å². The minimum atomic E-state index is -0.0674. The molecule has 0 bridgehead atoms. The summed E-state index contributed by atoms with van der Waals surface area (Å²) in [6.07, 6.45) is 0. The first kappa shape index (κ1) is 12.0. The normalized spacial score (nSPS) is 10.3. The van der Waals surface area contributed by atoms with Crippen LogP contribution >= 0.6 is 11.3 Å². The third kappa shape index (κ3) is 4.82. The van der Waals surface area contributed by atoms with Gasteiger partial charge in [0.2, 0.25) is 5.13 Å². The third-order valence-corrected chi connectivity index (χ3v) is 2.38. The van der Waals surface area contributed by atoms with Gasteiger partial charge in [-0.1, -0.05) is 11.3 Å². The summed E-state index contributed by atoms with van der Waals surface area (Å²) in [5.74, 6) is -0.0674. The number of hydrogen-bond donors (Lipinski definition) is 2. The molecule has 1 aromatic heterocycles. The number of aryl methyl sites for hydroxylation is 1. The minimum Gasteiger partial charge on any atom is -0.379 e. The van der Waals surface area contributed by atoms with Crippen LogP contribution in [0, 0.1) is 6.92 Å². The van der Waals surface area contributed by atoms with Crippen molar-refractivity contribution in [1.82, 2.24) is 10.2 Å². The van der Waals surface area contributed by atoms with Crippen LogP contribution < -0.4 is 10.6 Å². The van der Waals surface area contributed by atoms with Crippen molar-refractivity contribution >= 4 is 22.4 Å². The average molecular weight is 231 g/mol. The Labute approximate surface area is 92.0 Å². The minimum absolute atomic E-state index is 0.0674. The number of anilines is 1. The Kier molecular flexibility index (Phi) is 5.16. The van der Waals surface area contributed by atoms with E-state index in [9.17, 15) is 4.79 Å². The van der Waals surface area contributed by atoms with E-state index in [4.69, 9.17) is 4.74 Å². The van der Waals surface area contributed by atoms with Gasteiger partial charge in [0.1, 0.15) is 5.01 Å². The van der Waals surface area contributed by atoms with Gasteiger partial charge in [-0.25, -0.2) is 0 Å². The van der Waals surface area contributed by atoms with Crippen LogP contribution in [0.4, 0.5) is 5.13 Å². The second-order valence-electron chi connectivity index (χ2n) is 2.95. The molecule has 3 N–H and O–H groups in total. The van der Waals surface area contributed by atoms with E-state index in [1.807, 2.05) is 12.2 Å². The fraction of sp³-hybridized carbons (Fsp3) is 0.625. The van der Waals surface area contributed by atoms with E-state index in [1.165, 1.54) is 11.3 Å². The Balaban J connectivity index is 2.18. The quantitative estimate of drug-likeness (QED) is 0.615. The Morgan fingerprint density at radius 1 is 1.60 bits per heavy atom. The summed E-state index contributed by atoms with van der Waals surface area (Å²) in [4.78, 5) is 11.3. The number of carbonyl (C=O) groups is 1. The van der Waals surface area contributed by atoms with Crippen molar-refractivity contribution in [1.29, 1.82) is 0 Å². The molecule has 0 unspecified atom stereocenters. The summed E-state index contributed by atoms with van der Waals surface area (Å²) >= 11 is 1.37. The maximum Gasteiger partial charge on any atom is 0.281 e. The van der Waals surface area contributed by atoms with Gasteiger partial charge in [0.05, 0.1) is 13.2 Å². The molecule has 6 nitrogen and oxygen atoms in total. The molecule has 7 heteroatoms. The highest BCUT2D eigenvalue weighted by Gasteiger charge is 2.07. The highest BCUT2D eigenvalue weighted by atomic mass is 32.1. The van der Waals surface area contributed by atoms with E-state index in [0.29, 0.717) is 18.3 Å². The monoisotopic (exact) mass is 231 g/mol. The van der Waals surface area contributed by atoms with Crippen LogP contribution in [0.5, 0.6) is 0 Å². The van der Waals surface area contributed by atoms with Crippen molar-refractivity contribution in [2.24, 2.45) is 0 Å². The standard InChI is InChI=1S/C8H14N4O2S/c1-6-11-12-8(15-6)10-7(13)5-9-3-4-14-2/h9H,3-5H2,1-2H3,(H,10,12,13)/p+1.